The van der Waals surface area contributed by atoms with Gasteiger partial charge in [-0.2, -0.15) is 0 Å². The zero-order chi connectivity index (χ0) is 19.8. The summed E-state index contributed by atoms with van der Waals surface area (Å²) >= 11 is 0. The molecule has 0 aromatic rings. The van der Waals surface area contributed by atoms with E-state index in [9.17, 15) is 14.4 Å². The van der Waals surface area contributed by atoms with Gasteiger partial charge < -0.3 is 5.73 Å². The third-order valence-electron chi connectivity index (χ3n) is 4.46. The number of rotatable bonds is 17. The van der Waals surface area contributed by atoms with E-state index >= 15 is 0 Å². The van der Waals surface area contributed by atoms with Gasteiger partial charge in [0.1, 0.15) is 6.04 Å². The number of unbranched alkanes of at least 4 members (excludes halogenated alkanes) is 9. The molecule has 152 valence electrons. The summed E-state index contributed by atoms with van der Waals surface area (Å²) in [6, 6.07) is -0.637. The molecule has 0 aliphatic carbocycles. The molecule has 26 heavy (non-hydrogen) atoms. The van der Waals surface area contributed by atoms with E-state index in [1.807, 2.05) is 13.8 Å². The Balaban J connectivity index is 4.10. The molecular formula is C20H39N3O3. The highest BCUT2D eigenvalue weighted by atomic mass is 16.2. The minimum atomic E-state index is -0.657. The molecule has 0 aliphatic rings. The van der Waals surface area contributed by atoms with E-state index in [1.165, 1.54) is 50.0 Å². The van der Waals surface area contributed by atoms with Crippen molar-refractivity contribution in [2.24, 2.45) is 11.7 Å². The Morgan fingerprint density at radius 2 is 1.46 bits per heavy atom. The van der Waals surface area contributed by atoms with Gasteiger partial charge in [-0.05, 0) is 18.8 Å². The molecule has 0 spiro atoms. The first-order valence-electron chi connectivity index (χ1n) is 10.2. The average Bonchev–Trinajstić information content (AvgIpc) is 2.60. The van der Waals surface area contributed by atoms with E-state index in [1.54, 1.807) is 0 Å². The molecule has 0 heterocycles. The Morgan fingerprint density at radius 1 is 0.962 bits per heavy atom. The van der Waals surface area contributed by atoms with Crippen molar-refractivity contribution in [3.8, 4) is 0 Å². The highest BCUT2D eigenvalue weighted by Gasteiger charge is 2.22. The molecule has 0 aliphatic heterocycles. The van der Waals surface area contributed by atoms with E-state index in [-0.39, 0.29) is 12.2 Å². The molecular weight excluding hydrogens is 330 g/mol. The Kier molecular flexibility index (Phi) is 14.9. The summed E-state index contributed by atoms with van der Waals surface area (Å²) in [4.78, 5) is 34.2. The summed E-state index contributed by atoms with van der Waals surface area (Å²) in [5.41, 5.74) is 8.24. The van der Waals surface area contributed by atoms with Gasteiger partial charge in [-0.3, -0.25) is 19.4 Å². The largest absolute Gasteiger partial charge is 0.368 e. The number of carbonyl (C=O) groups is 3. The molecule has 6 nitrogen and oxygen atoms in total. The lowest BCUT2D eigenvalue weighted by Gasteiger charge is -2.27. The Hall–Kier alpha value is -1.43. The van der Waals surface area contributed by atoms with Gasteiger partial charge in [0.25, 0.3) is 0 Å². The van der Waals surface area contributed by atoms with E-state index in [4.69, 9.17) is 5.73 Å². The van der Waals surface area contributed by atoms with Crippen LogP contribution in [0, 0.1) is 5.92 Å². The van der Waals surface area contributed by atoms with Gasteiger partial charge in [0.2, 0.25) is 12.2 Å². The third kappa shape index (κ3) is 12.9. The van der Waals surface area contributed by atoms with E-state index in [0.29, 0.717) is 13.0 Å². The first-order valence-corrected chi connectivity index (χ1v) is 10.2. The SMILES string of the molecule is CCCCCCCCCCCCN(N[C@@H](CC(C)C)C(N)=O)C(=O)C=O. The molecule has 6 heteroatoms. The van der Waals surface area contributed by atoms with E-state index in [2.05, 4.69) is 12.3 Å². The van der Waals surface area contributed by atoms with Crippen molar-refractivity contribution in [1.29, 1.82) is 0 Å². The summed E-state index contributed by atoms with van der Waals surface area (Å²) in [6.07, 6.45) is 12.8. The Labute approximate surface area is 159 Å². The number of nitrogens with zero attached hydrogens (tertiary/aromatic N) is 1. The zero-order valence-corrected chi connectivity index (χ0v) is 17.0. The molecule has 0 radical (unpaired) electrons. The third-order valence-corrected chi connectivity index (χ3v) is 4.46. The quantitative estimate of drug-likeness (QED) is 0.178. The molecule has 0 fully saturated rings. The van der Waals surface area contributed by atoms with Crippen LogP contribution < -0.4 is 11.2 Å². The number of nitrogens with two attached hydrogens (primary N) is 1. The number of hydrogen-bond donors (Lipinski definition) is 2. The van der Waals surface area contributed by atoms with Crippen molar-refractivity contribution in [2.75, 3.05) is 6.54 Å². The molecule has 2 amide bonds. The predicted molar refractivity (Wildman–Crippen MR) is 105 cm³/mol. The van der Waals surface area contributed by atoms with Gasteiger partial charge in [0.15, 0.2) is 0 Å². The second kappa shape index (κ2) is 15.8. The fraction of sp³-hybridized carbons (Fsp3) is 0.850. The number of primary amides is 1. The van der Waals surface area contributed by atoms with Gasteiger partial charge in [-0.15, -0.1) is 0 Å². The second-order valence-electron chi connectivity index (χ2n) is 7.50. The molecule has 0 rings (SSSR count). The van der Waals surface area contributed by atoms with Crippen LogP contribution in [0.25, 0.3) is 0 Å². The number of hydrogen-bond acceptors (Lipinski definition) is 4. The highest BCUT2D eigenvalue weighted by Crippen LogP contribution is 2.11. The van der Waals surface area contributed by atoms with Crippen LogP contribution in [-0.4, -0.2) is 35.7 Å². The maximum Gasteiger partial charge on any atom is 0.300 e. The van der Waals surface area contributed by atoms with Crippen LogP contribution in [0.4, 0.5) is 0 Å². The van der Waals surface area contributed by atoms with Crippen molar-refractivity contribution in [3.05, 3.63) is 0 Å². The smallest absolute Gasteiger partial charge is 0.300 e. The van der Waals surface area contributed by atoms with Crippen molar-refractivity contribution < 1.29 is 14.4 Å². The fourth-order valence-corrected chi connectivity index (χ4v) is 2.95. The van der Waals surface area contributed by atoms with Crippen LogP contribution in [0.1, 0.15) is 91.4 Å². The average molecular weight is 370 g/mol. The van der Waals surface area contributed by atoms with E-state index < -0.39 is 17.9 Å². The van der Waals surface area contributed by atoms with Gasteiger partial charge in [0, 0.05) is 6.54 Å². The lowest BCUT2D eigenvalue weighted by atomic mass is 10.0. The van der Waals surface area contributed by atoms with Crippen molar-refractivity contribution in [2.45, 2.75) is 97.4 Å². The first-order chi connectivity index (χ1) is 12.4. The van der Waals surface area contributed by atoms with Crippen LogP contribution in [0.2, 0.25) is 0 Å². The maximum absolute atomic E-state index is 11.8. The number of amides is 2. The van der Waals surface area contributed by atoms with Gasteiger partial charge in [-0.25, -0.2) is 5.43 Å². The van der Waals surface area contributed by atoms with Crippen LogP contribution in [0.5, 0.6) is 0 Å². The summed E-state index contributed by atoms with van der Waals surface area (Å²) in [6.45, 7) is 6.59. The van der Waals surface area contributed by atoms with Crippen LogP contribution in [0.3, 0.4) is 0 Å². The minimum Gasteiger partial charge on any atom is -0.368 e. The minimum absolute atomic E-state index is 0.255. The van der Waals surface area contributed by atoms with Crippen LogP contribution >= 0.6 is 0 Å². The molecule has 0 unspecified atom stereocenters. The number of nitrogens with one attached hydrogen (secondary N) is 1. The second-order valence-corrected chi connectivity index (χ2v) is 7.50. The lowest BCUT2D eigenvalue weighted by Crippen LogP contribution is -2.54. The lowest BCUT2D eigenvalue weighted by molar-refractivity contribution is -0.143. The van der Waals surface area contributed by atoms with Gasteiger partial charge in [0.05, 0.1) is 0 Å². The summed E-state index contributed by atoms with van der Waals surface area (Å²) < 4.78 is 0. The van der Waals surface area contributed by atoms with Crippen LogP contribution in [0.15, 0.2) is 0 Å². The van der Waals surface area contributed by atoms with Crippen LogP contribution in [-0.2, 0) is 14.4 Å². The maximum atomic E-state index is 11.8. The van der Waals surface area contributed by atoms with Crippen molar-refractivity contribution >= 4 is 18.1 Å². The zero-order valence-electron chi connectivity index (χ0n) is 17.0. The monoisotopic (exact) mass is 369 g/mol. The fourth-order valence-electron chi connectivity index (χ4n) is 2.95. The highest BCUT2D eigenvalue weighted by molar-refractivity contribution is 6.23. The summed E-state index contributed by atoms with van der Waals surface area (Å²) in [7, 11) is 0. The molecule has 0 saturated carbocycles. The van der Waals surface area contributed by atoms with E-state index in [0.717, 1.165) is 19.3 Å². The predicted octanol–water partition coefficient (Wildman–Crippen LogP) is 3.34. The Bertz CT molecular complexity index is 400. The number of carbonyl (C=O) groups excluding carboxylic acids is 3. The van der Waals surface area contributed by atoms with Crippen molar-refractivity contribution in [3.63, 3.8) is 0 Å². The molecule has 0 aromatic carbocycles. The standard InChI is InChI=1S/C20H39N3O3/c1-4-5-6-7-8-9-10-11-12-13-14-23(19(25)16-24)22-18(20(21)26)15-17(2)3/h16-18,22H,4-15H2,1-3H3,(H2,21,26)/t18-/m0/s1. The first kappa shape index (κ1) is 24.6. The molecule has 1 atom stereocenters. The van der Waals surface area contributed by atoms with Crippen molar-refractivity contribution in [1.82, 2.24) is 10.4 Å². The molecule has 0 bridgehead atoms. The van der Waals surface area contributed by atoms with Gasteiger partial charge >= 0.3 is 5.91 Å². The number of hydrazine groups is 1. The normalized spacial score (nSPS) is 12.2. The number of aldehydes is 1. The summed E-state index contributed by atoms with van der Waals surface area (Å²) in [5, 5.41) is 1.25. The summed E-state index contributed by atoms with van der Waals surface area (Å²) in [5.74, 6) is -0.910. The van der Waals surface area contributed by atoms with Gasteiger partial charge in [-0.1, -0.05) is 78.6 Å². The molecule has 0 aromatic heterocycles. The molecule has 3 N–H and O–H groups in total. The topological polar surface area (TPSA) is 92.5 Å². The Morgan fingerprint density at radius 3 is 1.88 bits per heavy atom. The molecule has 0 saturated heterocycles.